The van der Waals surface area contributed by atoms with E-state index in [1.165, 1.54) is 18.2 Å². The summed E-state index contributed by atoms with van der Waals surface area (Å²) in [4.78, 5) is 29.7. The first kappa shape index (κ1) is 25.5. The normalized spacial score (nSPS) is 16.2. The van der Waals surface area contributed by atoms with Crippen LogP contribution in [0, 0.1) is 12.8 Å². The number of halogens is 3. The Balaban J connectivity index is 1.83. The lowest BCUT2D eigenvalue weighted by Gasteiger charge is -2.28. The maximum absolute atomic E-state index is 13.2. The van der Waals surface area contributed by atoms with Crippen molar-refractivity contribution in [3.63, 3.8) is 0 Å². The fourth-order valence-corrected chi connectivity index (χ4v) is 5.10. The van der Waals surface area contributed by atoms with Gasteiger partial charge in [0.25, 0.3) is 5.91 Å². The summed E-state index contributed by atoms with van der Waals surface area (Å²) >= 11 is 1.60. The Bertz CT molecular complexity index is 1330. The second-order valence-electron chi connectivity index (χ2n) is 8.90. The van der Waals surface area contributed by atoms with Gasteiger partial charge < -0.3 is 9.84 Å². The van der Waals surface area contributed by atoms with Crippen molar-refractivity contribution in [2.75, 3.05) is 4.90 Å². The van der Waals surface area contributed by atoms with Crippen molar-refractivity contribution in [2.24, 2.45) is 5.92 Å². The van der Waals surface area contributed by atoms with Gasteiger partial charge in [0, 0.05) is 27.4 Å². The van der Waals surface area contributed by atoms with Crippen LogP contribution in [0.2, 0.25) is 0 Å². The maximum Gasteiger partial charge on any atom is 0.573 e. The molecule has 2 aromatic carbocycles. The first-order valence-corrected chi connectivity index (χ1v) is 12.1. The number of ether oxygens (including phenoxy) is 1. The lowest BCUT2D eigenvalue weighted by molar-refractivity contribution is -0.274. The fraction of sp³-hybridized carbons (Fsp3) is 0.259. The summed E-state index contributed by atoms with van der Waals surface area (Å²) in [5.41, 5.74) is 0.916. The molecule has 1 aromatic heterocycles. The molecule has 36 heavy (non-hydrogen) atoms. The highest BCUT2D eigenvalue weighted by atomic mass is 32.1. The van der Waals surface area contributed by atoms with E-state index in [1.54, 1.807) is 49.4 Å². The van der Waals surface area contributed by atoms with Crippen molar-refractivity contribution in [3.05, 3.63) is 82.4 Å². The van der Waals surface area contributed by atoms with Crippen molar-refractivity contribution in [1.82, 2.24) is 0 Å². The number of thiophene rings is 1. The summed E-state index contributed by atoms with van der Waals surface area (Å²) in [6.07, 6.45) is -4.98. The Hall–Kier alpha value is -3.59. The topological polar surface area (TPSA) is 66.8 Å². The van der Waals surface area contributed by atoms with E-state index in [9.17, 15) is 27.9 Å². The standard InChI is InChI=1S/C27H24F3NO4S/c1-15(2)14-20(32)23-24(19-6-4-5-7-21(19)35-27(28,29)30)31(26(34)25(23)33)18-11-9-17(10-12-18)22-13-8-16(3)36-22/h4-13,15,24,33H,14H2,1-3H3. The lowest BCUT2D eigenvalue weighted by Crippen LogP contribution is -2.32. The number of ketones is 1. The molecule has 0 radical (unpaired) electrons. The summed E-state index contributed by atoms with van der Waals surface area (Å²) < 4.78 is 43.8. The molecule has 1 amide bonds. The Labute approximate surface area is 210 Å². The number of rotatable bonds is 7. The van der Waals surface area contributed by atoms with Gasteiger partial charge in [-0.25, -0.2) is 0 Å². The third kappa shape index (κ3) is 5.16. The Morgan fingerprint density at radius 3 is 2.33 bits per heavy atom. The first-order valence-electron chi connectivity index (χ1n) is 11.3. The van der Waals surface area contributed by atoms with Gasteiger partial charge in [0.15, 0.2) is 11.5 Å². The number of Topliss-reactive ketones (excluding diaryl/α,β-unsaturated/α-hetero) is 1. The van der Waals surface area contributed by atoms with Crippen LogP contribution >= 0.6 is 11.3 Å². The van der Waals surface area contributed by atoms with E-state index in [2.05, 4.69) is 4.74 Å². The van der Waals surface area contributed by atoms with E-state index in [4.69, 9.17) is 0 Å². The molecule has 1 N–H and O–H groups in total. The predicted octanol–water partition coefficient (Wildman–Crippen LogP) is 7.14. The quantitative estimate of drug-likeness (QED) is 0.363. The highest BCUT2D eigenvalue weighted by molar-refractivity contribution is 7.15. The number of anilines is 1. The van der Waals surface area contributed by atoms with Gasteiger partial charge in [-0.1, -0.05) is 44.2 Å². The molecule has 0 spiro atoms. The van der Waals surface area contributed by atoms with E-state index >= 15 is 0 Å². The molecule has 0 bridgehead atoms. The van der Waals surface area contributed by atoms with Crippen LogP contribution in [0.1, 0.15) is 36.8 Å². The minimum atomic E-state index is -4.99. The molecule has 1 aliphatic rings. The third-order valence-electron chi connectivity index (χ3n) is 5.71. The monoisotopic (exact) mass is 515 g/mol. The maximum atomic E-state index is 13.2. The van der Waals surface area contributed by atoms with Crippen molar-refractivity contribution in [1.29, 1.82) is 0 Å². The van der Waals surface area contributed by atoms with Crippen LogP contribution in [0.4, 0.5) is 18.9 Å². The van der Waals surface area contributed by atoms with Crippen molar-refractivity contribution in [2.45, 2.75) is 39.6 Å². The molecule has 9 heteroatoms. The Morgan fingerprint density at radius 1 is 1.08 bits per heavy atom. The molecule has 1 unspecified atom stereocenters. The average Bonchev–Trinajstić information content (AvgIpc) is 3.34. The molecule has 3 aromatic rings. The van der Waals surface area contributed by atoms with Crippen LogP contribution in [-0.4, -0.2) is 23.2 Å². The highest BCUT2D eigenvalue weighted by Gasteiger charge is 2.46. The van der Waals surface area contributed by atoms with Crippen LogP contribution in [0.25, 0.3) is 10.4 Å². The Kier molecular flexibility index (Phi) is 6.95. The van der Waals surface area contributed by atoms with Gasteiger partial charge in [-0.2, -0.15) is 0 Å². The molecule has 4 rings (SSSR count). The van der Waals surface area contributed by atoms with Gasteiger partial charge in [-0.15, -0.1) is 24.5 Å². The number of benzene rings is 2. The van der Waals surface area contributed by atoms with Crippen LogP contribution in [-0.2, 0) is 9.59 Å². The number of hydrogen-bond donors (Lipinski definition) is 1. The molecule has 0 aliphatic carbocycles. The number of aryl methyl sites for hydroxylation is 1. The van der Waals surface area contributed by atoms with E-state index in [0.29, 0.717) is 5.69 Å². The average molecular weight is 516 g/mol. The number of aliphatic hydroxyl groups is 1. The van der Waals surface area contributed by atoms with Gasteiger partial charge >= 0.3 is 6.36 Å². The number of alkyl halides is 3. The number of carbonyl (C=O) groups excluding carboxylic acids is 2. The number of hydrogen-bond acceptors (Lipinski definition) is 5. The summed E-state index contributed by atoms with van der Waals surface area (Å²) in [6, 6.07) is 14.9. The molecule has 188 valence electrons. The molecular formula is C27H24F3NO4S. The first-order chi connectivity index (χ1) is 17.0. The van der Waals surface area contributed by atoms with Crippen LogP contribution in [0.3, 0.4) is 0 Å². The predicted molar refractivity (Wildman–Crippen MR) is 132 cm³/mol. The second kappa shape index (κ2) is 9.81. The smallest absolute Gasteiger partial charge is 0.503 e. The van der Waals surface area contributed by atoms with E-state index < -0.39 is 35.6 Å². The molecule has 0 saturated heterocycles. The molecule has 0 fully saturated rings. The molecule has 5 nitrogen and oxygen atoms in total. The largest absolute Gasteiger partial charge is 0.573 e. The summed E-state index contributed by atoms with van der Waals surface area (Å²) in [7, 11) is 0. The van der Waals surface area contributed by atoms with Crippen molar-refractivity contribution in [3.8, 4) is 16.2 Å². The lowest BCUT2D eigenvalue weighted by atomic mass is 9.91. The Morgan fingerprint density at radius 2 is 1.75 bits per heavy atom. The summed E-state index contributed by atoms with van der Waals surface area (Å²) in [6.45, 7) is 5.58. The third-order valence-corrected chi connectivity index (χ3v) is 6.76. The van der Waals surface area contributed by atoms with Gasteiger partial charge in [0.1, 0.15) is 5.75 Å². The molecule has 1 atom stereocenters. The zero-order chi connectivity index (χ0) is 26.2. The van der Waals surface area contributed by atoms with E-state index in [1.807, 2.05) is 19.1 Å². The highest BCUT2D eigenvalue weighted by Crippen LogP contribution is 2.45. The van der Waals surface area contributed by atoms with Crippen molar-refractivity contribution >= 4 is 28.7 Å². The van der Waals surface area contributed by atoms with E-state index in [0.717, 1.165) is 26.3 Å². The molecule has 1 aliphatic heterocycles. The van der Waals surface area contributed by atoms with Gasteiger partial charge in [-0.05, 0) is 48.7 Å². The number of nitrogens with zero attached hydrogens (tertiary/aromatic N) is 1. The zero-order valence-corrected chi connectivity index (χ0v) is 20.6. The van der Waals surface area contributed by atoms with Crippen LogP contribution in [0.5, 0.6) is 5.75 Å². The number of amides is 1. The SMILES string of the molecule is Cc1ccc(-c2ccc(N3C(=O)C(O)=C(C(=O)CC(C)C)C3c3ccccc3OC(F)(F)F)cc2)s1. The molecule has 0 saturated carbocycles. The number of aliphatic hydroxyl groups excluding tert-OH is 1. The number of carbonyl (C=O) groups is 2. The van der Waals surface area contributed by atoms with Crippen LogP contribution < -0.4 is 9.64 Å². The minimum Gasteiger partial charge on any atom is -0.503 e. The second-order valence-corrected chi connectivity index (χ2v) is 10.2. The zero-order valence-electron chi connectivity index (χ0n) is 19.8. The minimum absolute atomic E-state index is 0.00990. The van der Waals surface area contributed by atoms with Gasteiger partial charge in [-0.3, -0.25) is 14.5 Å². The fourth-order valence-electron chi connectivity index (χ4n) is 4.23. The molecule has 2 heterocycles. The summed E-state index contributed by atoms with van der Waals surface area (Å²) in [5, 5.41) is 10.8. The summed E-state index contributed by atoms with van der Waals surface area (Å²) in [5.74, 6) is -2.81. The van der Waals surface area contributed by atoms with Crippen molar-refractivity contribution < 1.29 is 32.6 Å². The molecular weight excluding hydrogens is 491 g/mol. The van der Waals surface area contributed by atoms with E-state index in [-0.39, 0.29) is 23.5 Å². The number of para-hydroxylation sites is 1. The van der Waals surface area contributed by atoms with Gasteiger partial charge in [0.2, 0.25) is 0 Å². The van der Waals surface area contributed by atoms with Crippen LogP contribution in [0.15, 0.2) is 72.0 Å². The van der Waals surface area contributed by atoms with Gasteiger partial charge in [0.05, 0.1) is 11.6 Å².